The zero-order valence-corrected chi connectivity index (χ0v) is 8.09. The van der Waals surface area contributed by atoms with Crippen molar-refractivity contribution in [3.05, 3.63) is 0 Å². The minimum Gasteiger partial charge on any atom is -0.393 e. The van der Waals surface area contributed by atoms with Gasteiger partial charge in [0.05, 0.1) is 6.10 Å². The van der Waals surface area contributed by atoms with Gasteiger partial charge in [-0.15, -0.1) is 0 Å². The van der Waals surface area contributed by atoms with Crippen molar-refractivity contribution in [2.45, 2.75) is 46.3 Å². The topological polar surface area (TPSA) is 32.3 Å². The van der Waals surface area contributed by atoms with Crippen molar-refractivity contribution < 1.29 is 5.11 Å². The molecule has 2 nitrogen and oxygen atoms in total. The Morgan fingerprint density at radius 2 is 1.73 bits per heavy atom. The Kier molecular flexibility index (Phi) is 5.51. The molecule has 0 aromatic rings. The number of aliphatic hydroxyl groups is 1. The molecule has 0 spiro atoms. The highest BCUT2D eigenvalue weighted by molar-refractivity contribution is 4.64. The van der Waals surface area contributed by atoms with Gasteiger partial charge in [-0.3, -0.25) is 0 Å². The second-order valence-corrected chi connectivity index (χ2v) is 3.62. The predicted octanol–water partition coefficient (Wildman–Crippen LogP) is 1.39. The second kappa shape index (κ2) is 5.56. The maximum atomic E-state index is 8.96. The van der Waals surface area contributed by atoms with E-state index in [2.05, 4.69) is 26.1 Å². The molecule has 0 fully saturated rings. The molecule has 11 heavy (non-hydrogen) atoms. The monoisotopic (exact) mass is 159 g/mol. The summed E-state index contributed by atoms with van der Waals surface area (Å²) >= 11 is 0. The van der Waals surface area contributed by atoms with Gasteiger partial charge in [-0.2, -0.15) is 0 Å². The molecule has 0 unspecified atom stereocenters. The van der Waals surface area contributed by atoms with Crippen LogP contribution in [0.3, 0.4) is 0 Å². The van der Waals surface area contributed by atoms with Gasteiger partial charge in [0.1, 0.15) is 0 Å². The summed E-state index contributed by atoms with van der Waals surface area (Å²) in [7, 11) is 0. The number of rotatable bonds is 5. The van der Waals surface area contributed by atoms with Crippen LogP contribution in [-0.2, 0) is 0 Å². The quantitative estimate of drug-likeness (QED) is 0.635. The molecule has 68 valence electrons. The molecule has 0 aliphatic heterocycles. The Hall–Kier alpha value is -0.0800. The van der Waals surface area contributed by atoms with E-state index in [0.29, 0.717) is 12.0 Å². The summed E-state index contributed by atoms with van der Waals surface area (Å²) < 4.78 is 0. The summed E-state index contributed by atoms with van der Waals surface area (Å²) in [6.07, 6.45) is 0.665. The van der Waals surface area contributed by atoms with Crippen molar-refractivity contribution in [3.8, 4) is 0 Å². The van der Waals surface area contributed by atoms with Gasteiger partial charge in [0.15, 0.2) is 0 Å². The molecule has 0 heterocycles. The summed E-state index contributed by atoms with van der Waals surface area (Å²) in [6, 6.07) is 0.550. The van der Waals surface area contributed by atoms with E-state index in [9.17, 15) is 0 Å². The molecule has 2 heteroatoms. The number of nitrogens with one attached hydrogen (secondary N) is 1. The Bertz CT molecular complexity index is 91.6. The molecule has 2 atom stereocenters. The number of hydrogen-bond donors (Lipinski definition) is 2. The largest absolute Gasteiger partial charge is 0.393 e. The number of aliphatic hydroxyl groups excluding tert-OH is 1. The molecule has 0 aliphatic rings. The zero-order valence-electron chi connectivity index (χ0n) is 8.09. The van der Waals surface area contributed by atoms with E-state index in [0.717, 1.165) is 13.0 Å². The third-order valence-corrected chi connectivity index (χ3v) is 2.03. The minimum absolute atomic E-state index is 0.179. The number of hydrogen-bond acceptors (Lipinski definition) is 2. The van der Waals surface area contributed by atoms with Crippen molar-refractivity contribution in [2.24, 2.45) is 5.92 Å². The van der Waals surface area contributed by atoms with Crippen LogP contribution in [0.1, 0.15) is 34.1 Å². The third kappa shape index (κ3) is 6.32. The summed E-state index contributed by atoms with van der Waals surface area (Å²) in [4.78, 5) is 0. The lowest BCUT2D eigenvalue weighted by Gasteiger charge is -2.17. The van der Waals surface area contributed by atoms with Gasteiger partial charge in [-0.25, -0.2) is 0 Å². The van der Waals surface area contributed by atoms with Crippen LogP contribution in [0, 0.1) is 5.92 Å². The summed E-state index contributed by atoms with van der Waals surface area (Å²) in [5, 5.41) is 12.3. The lowest BCUT2D eigenvalue weighted by Crippen LogP contribution is -2.32. The van der Waals surface area contributed by atoms with Crippen molar-refractivity contribution in [2.75, 3.05) is 6.54 Å². The summed E-state index contributed by atoms with van der Waals surface area (Å²) in [5.41, 5.74) is 0. The first-order valence-electron chi connectivity index (χ1n) is 4.45. The molecule has 0 saturated carbocycles. The molecule has 0 radical (unpaired) electrons. The van der Waals surface area contributed by atoms with E-state index in [4.69, 9.17) is 5.11 Å². The van der Waals surface area contributed by atoms with Gasteiger partial charge < -0.3 is 10.4 Å². The average Bonchev–Trinajstić information content (AvgIpc) is 1.86. The fourth-order valence-corrected chi connectivity index (χ4v) is 0.756. The van der Waals surface area contributed by atoms with Gasteiger partial charge in [0, 0.05) is 6.04 Å². The second-order valence-electron chi connectivity index (χ2n) is 3.62. The Morgan fingerprint density at radius 1 is 1.18 bits per heavy atom. The molecule has 0 amide bonds. The van der Waals surface area contributed by atoms with E-state index in [1.54, 1.807) is 0 Å². The highest BCUT2D eigenvalue weighted by atomic mass is 16.3. The average molecular weight is 159 g/mol. The van der Waals surface area contributed by atoms with Crippen molar-refractivity contribution in [1.82, 2.24) is 5.32 Å². The van der Waals surface area contributed by atoms with E-state index in [1.165, 1.54) is 0 Å². The smallest absolute Gasteiger partial charge is 0.0524 e. The van der Waals surface area contributed by atoms with E-state index < -0.39 is 0 Å². The Labute approximate surface area is 70.0 Å². The molecule has 0 aliphatic carbocycles. The molecular formula is C9H21NO. The van der Waals surface area contributed by atoms with Crippen LogP contribution in [-0.4, -0.2) is 23.8 Å². The summed E-state index contributed by atoms with van der Waals surface area (Å²) in [5.74, 6) is 0.670. The molecule has 0 rings (SSSR count). The first kappa shape index (κ1) is 10.9. The SMILES string of the molecule is CC(C)[C@H](C)NCC[C@H](C)O. The van der Waals surface area contributed by atoms with Crippen LogP contribution in [0.2, 0.25) is 0 Å². The minimum atomic E-state index is -0.179. The molecule has 0 bridgehead atoms. The maximum absolute atomic E-state index is 8.96. The van der Waals surface area contributed by atoms with E-state index in [1.807, 2.05) is 6.92 Å². The van der Waals surface area contributed by atoms with Crippen LogP contribution < -0.4 is 5.32 Å². The van der Waals surface area contributed by atoms with Gasteiger partial charge in [0.2, 0.25) is 0 Å². The molecule has 2 N–H and O–H groups in total. The molecule has 0 saturated heterocycles. The van der Waals surface area contributed by atoms with Gasteiger partial charge in [-0.1, -0.05) is 13.8 Å². The lowest BCUT2D eigenvalue weighted by atomic mass is 10.1. The molecular weight excluding hydrogens is 138 g/mol. The van der Waals surface area contributed by atoms with Crippen LogP contribution in [0.25, 0.3) is 0 Å². The first-order valence-corrected chi connectivity index (χ1v) is 4.45. The third-order valence-electron chi connectivity index (χ3n) is 2.03. The normalized spacial score (nSPS) is 16.9. The van der Waals surface area contributed by atoms with E-state index in [-0.39, 0.29) is 6.10 Å². The van der Waals surface area contributed by atoms with Gasteiger partial charge >= 0.3 is 0 Å². The van der Waals surface area contributed by atoms with Crippen LogP contribution in [0.15, 0.2) is 0 Å². The molecule has 0 aromatic carbocycles. The highest BCUT2D eigenvalue weighted by Crippen LogP contribution is 1.99. The van der Waals surface area contributed by atoms with Crippen LogP contribution >= 0.6 is 0 Å². The first-order chi connectivity index (χ1) is 5.04. The van der Waals surface area contributed by atoms with Gasteiger partial charge in [-0.05, 0) is 32.7 Å². The van der Waals surface area contributed by atoms with Crippen LogP contribution in [0.5, 0.6) is 0 Å². The predicted molar refractivity (Wildman–Crippen MR) is 48.6 cm³/mol. The summed E-state index contributed by atoms with van der Waals surface area (Å²) in [6.45, 7) is 9.30. The Balaban J connectivity index is 3.24. The highest BCUT2D eigenvalue weighted by Gasteiger charge is 2.05. The standard InChI is InChI=1S/C9H21NO/c1-7(2)9(4)10-6-5-8(3)11/h7-11H,5-6H2,1-4H3/t8-,9-/m0/s1. The molecule has 0 aromatic heterocycles. The fourth-order valence-electron chi connectivity index (χ4n) is 0.756. The lowest BCUT2D eigenvalue weighted by molar-refractivity contribution is 0.181. The van der Waals surface area contributed by atoms with Crippen molar-refractivity contribution >= 4 is 0 Å². The van der Waals surface area contributed by atoms with Gasteiger partial charge in [0.25, 0.3) is 0 Å². The zero-order chi connectivity index (χ0) is 8.85. The van der Waals surface area contributed by atoms with Crippen molar-refractivity contribution in [1.29, 1.82) is 0 Å². The fraction of sp³-hybridized carbons (Fsp3) is 1.00. The van der Waals surface area contributed by atoms with Crippen molar-refractivity contribution in [3.63, 3.8) is 0 Å². The Morgan fingerprint density at radius 3 is 2.09 bits per heavy atom. The van der Waals surface area contributed by atoms with Crippen LogP contribution in [0.4, 0.5) is 0 Å². The van der Waals surface area contributed by atoms with E-state index >= 15 is 0 Å². The maximum Gasteiger partial charge on any atom is 0.0524 e.